The summed E-state index contributed by atoms with van der Waals surface area (Å²) in [5, 5.41) is 6.30. The van der Waals surface area contributed by atoms with Gasteiger partial charge < -0.3 is 16.4 Å². The second-order valence-electron chi connectivity index (χ2n) is 7.11. The van der Waals surface area contributed by atoms with Gasteiger partial charge in [-0.1, -0.05) is 30.3 Å². The number of hydrogen-bond donors (Lipinski definition) is 3. The highest BCUT2D eigenvalue weighted by atomic mass is 16.2. The smallest absolute Gasteiger partial charge is 0.239 e. The Hall–Kier alpha value is -1.92. The molecule has 1 aromatic rings. The van der Waals surface area contributed by atoms with E-state index in [0.717, 1.165) is 50.9 Å². The van der Waals surface area contributed by atoms with Crippen LogP contribution in [0.4, 0.5) is 0 Å². The Labute approximate surface area is 149 Å². The van der Waals surface area contributed by atoms with Crippen molar-refractivity contribution in [1.82, 2.24) is 15.5 Å². The maximum Gasteiger partial charge on any atom is 0.239 e. The molecule has 6 nitrogen and oxygen atoms in total. The number of nitrogens with two attached hydrogens (primary N) is 1. The van der Waals surface area contributed by atoms with Crippen LogP contribution in [0, 0.1) is 5.92 Å². The number of nitrogens with zero attached hydrogens (tertiary/aromatic N) is 1. The normalized spacial score (nSPS) is 25.4. The number of piperidine rings is 1. The summed E-state index contributed by atoms with van der Waals surface area (Å²) in [5.41, 5.74) is 6.63. The third kappa shape index (κ3) is 4.58. The molecule has 2 aliphatic heterocycles. The molecule has 3 unspecified atom stereocenters. The van der Waals surface area contributed by atoms with Gasteiger partial charge in [0.2, 0.25) is 11.8 Å². The van der Waals surface area contributed by atoms with Crippen LogP contribution in [0.25, 0.3) is 0 Å². The Morgan fingerprint density at radius 1 is 1.24 bits per heavy atom. The molecule has 6 heteroatoms. The van der Waals surface area contributed by atoms with Gasteiger partial charge in [-0.25, -0.2) is 0 Å². The van der Waals surface area contributed by atoms with Crippen LogP contribution in [0.3, 0.4) is 0 Å². The summed E-state index contributed by atoms with van der Waals surface area (Å²) in [6.45, 7) is 3.22. The Morgan fingerprint density at radius 2 is 2.04 bits per heavy atom. The van der Waals surface area contributed by atoms with Gasteiger partial charge in [0.15, 0.2) is 0 Å². The first-order valence-electron chi connectivity index (χ1n) is 9.24. The van der Waals surface area contributed by atoms with Crippen molar-refractivity contribution < 1.29 is 9.59 Å². The van der Waals surface area contributed by atoms with E-state index in [9.17, 15) is 9.59 Å². The first-order chi connectivity index (χ1) is 12.1. The third-order valence-corrected chi connectivity index (χ3v) is 5.24. The van der Waals surface area contributed by atoms with E-state index < -0.39 is 6.04 Å². The van der Waals surface area contributed by atoms with Gasteiger partial charge in [0.1, 0.15) is 6.04 Å². The summed E-state index contributed by atoms with van der Waals surface area (Å²) >= 11 is 0. The predicted molar refractivity (Wildman–Crippen MR) is 96.7 cm³/mol. The maximum absolute atomic E-state index is 12.2. The molecule has 0 bridgehead atoms. The third-order valence-electron chi connectivity index (χ3n) is 5.24. The van der Waals surface area contributed by atoms with Gasteiger partial charge >= 0.3 is 0 Å². The molecule has 3 atom stereocenters. The number of carbonyl (C=O) groups excluding carboxylic acids is 2. The van der Waals surface area contributed by atoms with E-state index in [4.69, 9.17) is 5.73 Å². The van der Waals surface area contributed by atoms with Crippen molar-refractivity contribution in [3.05, 3.63) is 35.9 Å². The first-order valence-corrected chi connectivity index (χ1v) is 9.24. The maximum atomic E-state index is 12.2. The number of likely N-dealkylation sites (tertiary alicyclic amines) is 1. The van der Waals surface area contributed by atoms with Crippen LogP contribution >= 0.6 is 0 Å². The van der Waals surface area contributed by atoms with Crippen LogP contribution in [0.1, 0.15) is 37.3 Å². The molecule has 3 rings (SSSR count). The highest BCUT2D eigenvalue weighted by Crippen LogP contribution is 2.26. The number of nitrogens with one attached hydrogen (secondary N) is 2. The molecule has 2 amide bonds. The summed E-state index contributed by atoms with van der Waals surface area (Å²) in [5.74, 6) is 0.139. The monoisotopic (exact) mass is 344 g/mol. The molecule has 0 saturated carbocycles. The zero-order chi connectivity index (χ0) is 17.6. The second kappa shape index (κ2) is 8.45. The molecule has 0 radical (unpaired) electrons. The number of hydrogen-bond acceptors (Lipinski definition) is 4. The molecule has 136 valence electrons. The summed E-state index contributed by atoms with van der Waals surface area (Å²) in [6, 6.07) is 9.27. The van der Waals surface area contributed by atoms with Crippen LogP contribution in [-0.4, -0.2) is 48.9 Å². The average molecular weight is 344 g/mol. The first kappa shape index (κ1) is 17.9. The molecular weight excluding hydrogens is 316 g/mol. The van der Waals surface area contributed by atoms with E-state index in [2.05, 4.69) is 15.5 Å². The van der Waals surface area contributed by atoms with Gasteiger partial charge in [-0.15, -0.1) is 0 Å². The molecule has 0 aromatic heterocycles. The zero-order valence-corrected chi connectivity index (χ0v) is 14.6. The van der Waals surface area contributed by atoms with Gasteiger partial charge in [0.25, 0.3) is 0 Å². The Balaban J connectivity index is 1.57. The number of rotatable bonds is 6. The molecular formula is C19H28N4O2. The number of benzene rings is 1. The lowest BCUT2D eigenvalue weighted by molar-refractivity contribution is -0.125. The Bertz CT molecular complexity index is 586. The van der Waals surface area contributed by atoms with Crippen LogP contribution < -0.4 is 16.4 Å². The number of primary amides is 1. The molecule has 2 saturated heterocycles. The van der Waals surface area contributed by atoms with E-state index in [1.54, 1.807) is 0 Å². The SMILES string of the molecule is NC(=O)C(c1ccccc1)N1CCCC(CNC(=O)C2CCCN2)C1. The van der Waals surface area contributed by atoms with E-state index >= 15 is 0 Å². The van der Waals surface area contributed by atoms with Gasteiger partial charge in [-0.2, -0.15) is 0 Å². The van der Waals surface area contributed by atoms with Crippen LogP contribution in [0.5, 0.6) is 0 Å². The predicted octanol–water partition coefficient (Wildman–Crippen LogP) is 0.793. The fourth-order valence-electron chi connectivity index (χ4n) is 3.97. The minimum Gasteiger partial charge on any atom is -0.368 e. The molecule has 4 N–H and O–H groups in total. The van der Waals surface area contributed by atoms with Crippen LogP contribution in [-0.2, 0) is 9.59 Å². The van der Waals surface area contributed by atoms with Crippen molar-refractivity contribution in [2.45, 2.75) is 37.8 Å². The lowest BCUT2D eigenvalue weighted by Crippen LogP contribution is -2.48. The van der Waals surface area contributed by atoms with Crippen molar-refractivity contribution in [2.24, 2.45) is 11.7 Å². The summed E-state index contributed by atoms with van der Waals surface area (Å²) < 4.78 is 0. The summed E-state index contributed by atoms with van der Waals surface area (Å²) in [6.07, 6.45) is 4.06. The largest absolute Gasteiger partial charge is 0.368 e. The van der Waals surface area contributed by atoms with Crippen molar-refractivity contribution >= 4 is 11.8 Å². The van der Waals surface area contributed by atoms with Crippen LogP contribution in [0.15, 0.2) is 30.3 Å². The van der Waals surface area contributed by atoms with Gasteiger partial charge in [-0.05, 0) is 50.3 Å². The average Bonchev–Trinajstić information content (AvgIpc) is 3.16. The molecule has 0 aliphatic carbocycles. The second-order valence-corrected chi connectivity index (χ2v) is 7.11. The quantitative estimate of drug-likeness (QED) is 0.712. The molecule has 1 aromatic carbocycles. The lowest BCUT2D eigenvalue weighted by atomic mass is 9.94. The number of carbonyl (C=O) groups is 2. The standard InChI is InChI=1S/C19H28N4O2/c20-18(24)17(15-7-2-1-3-8-15)23-11-5-6-14(13-23)12-22-19(25)16-9-4-10-21-16/h1-3,7-8,14,16-17,21H,4-6,9-13H2,(H2,20,24)(H,22,25). The molecule has 0 spiro atoms. The van der Waals surface area contributed by atoms with Crippen LogP contribution in [0.2, 0.25) is 0 Å². The minimum atomic E-state index is -0.392. The van der Waals surface area contributed by atoms with Gasteiger partial charge in [0.05, 0.1) is 6.04 Å². The van der Waals surface area contributed by atoms with E-state index in [-0.39, 0.29) is 17.9 Å². The van der Waals surface area contributed by atoms with Gasteiger partial charge in [0, 0.05) is 13.1 Å². The zero-order valence-electron chi connectivity index (χ0n) is 14.6. The van der Waals surface area contributed by atoms with Crippen molar-refractivity contribution in [2.75, 3.05) is 26.2 Å². The minimum absolute atomic E-state index is 0.0395. The van der Waals surface area contributed by atoms with Gasteiger partial charge in [-0.3, -0.25) is 14.5 Å². The summed E-state index contributed by atoms with van der Waals surface area (Å²) in [4.78, 5) is 26.4. The Kier molecular flexibility index (Phi) is 6.04. The molecule has 25 heavy (non-hydrogen) atoms. The highest BCUT2D eigenvalue weighted by molar-refractivity contribution is 5.82. The van der Waals surface area contributed by atoms with Crippen molar-refractivity contribution in [1.29, 1.82) is 0 Å². The van der Waals surface area contributed by atoms with E-state index in [1.807, 2.05) is 30.3 Å². The van der Waals surface area contributed by atoms with E-state index in [0.29, 0.717) is 12.5 Å². The van der Waals surface area contributed by atoms with E-state index in [1.165, 1.54) is 0 Å². The number of amides is 2. The molecule has 2 heterocycles. The van der Waals surface area contributed by atoms with Crippen molar-refractivity contribution in [3.63, 3.8) is 0 Å². The molecule has 2 aliphatic rings. The lowest BCUT2D eigenvalue weighted by Gasteiger charge is -2.37. The Morgan fingerprint density at radius 3 is 2.72 bits per heavy atom. The van der Waals surface area contributed by atoms with Crippen molar-refractivity contribution in [3.8, 4) is 0 Å². The molecule has 2 fully saturated rings. The highest BCUT2D eigenvalue weighted by Gasteiger charge is 2.31. The fraction of sp³-hybridized carbons (Fsp3) is 0.579. The fourth-order valence-corrected chi connectivity index (χ4v) is 3.97. The topological polar surface area (TPSA) is 87.5 Å². The summed E-state index contributed by atoms with van der Waals surface area (Å²) in [7, 11) is 0.